The third kappa shape index (κ3) is 3.84. The summed E-state index contributed by atoms with van der Waals surface area (Å²) in [5, 5.41) is 0.554. The van der Waals surface area contributed by atoms with Crippen LogP contribution in [0.3, 0.4) is 0 Å². The summed E-state index contributed by atoms with van der Waals surface area (Å²) in [4.78, 5) is 12.4. The number of hydrogen-bond acceptors (Lipinski definition) is 3. The van der Waals surface area contributed by atoms with E-state index in [0.717, 1.165) is 30.4 Å². The molecule has 0 saturated heterocycles. The van der Waals surface area contributed by atoms with Gasteiger partial charge in [-0.15, -0.1) is 0 Å². The number of aryl methyl sites for hydroxylation is 2. The van der Waals surface area contributed by atoms with Gasteiger partial charge in [-0.3, -0.25) is 9.52 Å². The van der Waals surface area contributed by atoms with Crippen molar-refractivity contribution in [3.63, 3.8) is 0 Å². The van der Waals surface area contributed by atoms with Gasteiger partial charge >= 0.3 is 0 Å². The Morgan fingerprint density at radius 1 is 1.00 bits per heavy atom. The molecule has 5 nitrogen and oxygen atoms in total. The first-order valence-electron chi connectivity index (χ1n) is 9.01. The van der Waals surface area contributed by atoms with E-state index in [1.807, 2.05) is 24.3 Å². The third-order valence-electron chi connectivity index (χ3n) is 4.91. The standard InChI is InChI=1S/C21H19ClN2O3S/c22-20-7-2-1-4-17(20)13-24-14-18(9-11-21(24)25)23-28(26,27)19-10-8-15-5-3-6-16(15)12-19/h1-2,4,7-12,14,23H,3,5-6,13H2. The number of rotatable bonds is 5. The molecule has 1 aromatic heterocycles. The number of pyridine rings is 1. The van der Waals surface area contributed by atoms with Gasteiger partial charge in [0, 0.05) is 17.3 Å². The zero-order valence-corrected chi connectivity index (χ0v) is 16.6. The SMILES string of the molecule is O=c1ccc(NS(=O)(=O)c2ccc3c(c2)CCC3)cn1Cc1ccccc1Cl. The van der Waals surface area contributed by atoms with Crippen LogP contribution in [0.15, 0.2) is 70.5 Å². The normalized spacial score (nSPS) is 13.3. The van der Waals surface area contributed by atoms with Crippen LogP contribution in [0.1, 0.15) is 23.1 Å². The molecule has 0 spiro atoms. The Balaban J connectivity index is 1.61. The maximum Gasteiger partial charge on any atom is 0.261 e. The number of fused-ring (bicyclic) bond motifs is 1. The molecule has 0 fully saturated rings. The molecule has 0 aliphatic heterocycles. The molecule has 0 radical (unpaired) electrons. The second-order valence-electron chi connectivity index (χ2n) is 6.86. The molecule has 0 saturated carbocycles. The molecule has 144 valence electrons. The Morgan fingerprint density at radius 3 is 2.61 bits per heavy atom. The molecular weight excluding hydrogens is 396 g/mol. The Morgan fingerprint density at radius 2 is 1.79 bits per heavy atom. The van der Waals surface area contributed by atoms with Crippen LogP contribution in [0.5, 0.6) is 0 Å². The van der Waals surface area contributed by atoms with Gasteiger partial charge in [0.25, 0.3) is 15.6 Å². The molecule has 7 heteroatoms. The Labute approximate surface area is 168 Å². The zero-order chi connectivity index (χ0) is 19.7. The zero-order valence-electron chi connectivity index (χ0n) is 15.1. The maximum absolute atomic E-state index is 12.8. The van der Waals surface area contributed by atoms with Gasteiger partial charge in [-0.05, 0) is 60.2 Å². The number of benzene rings is 2. The highest BCUT2D eigenvalue weighted by Gasteiger charge is 2.19. The number of sulfonamides is 1. The number of anilines is 1. The fraction of sp³-hybridized carbons (Fsp3) is 0.190. The number of halogens is 1. The van der Waals surface area contributed by atoms with E-state index in [-0.39, 0.29) is 17.0 Å². The molecule has 1 N–H and O–H groups in total. The van der Waals surface area contributed by atoms with E-state index in [2.05, 4.69) is 4.72 Å². The minimum absolute atomic E-state index is 0.233. The lowest BCUT2D eigenvalue weighted by Crippen LogP contribution is -2.21. The van der Waals surface area contributed by atoms with Gasteiger partial charge in [-0.2, -0.15) is 0 Å². The molecule has 3 aromatic rings. The van der Waals surface area contributed by atoms with Crippen molar-refractivity contribution < 1.29 is 8.42 Å². The summed E-state index contributed by atoms with van der Waals surface area (Å²) in [6, 6.07) is 15.3. The van der Waals surface area contributed by atoms with Crippen LogP contribution in [-0.2, 0) is 29.4 Å². The highest BCUT2D eigenvalue weighted by atomic mass is 35.5. The Hall–Kier alpha value is -2.57. The molecule has 1 aliphatic rings. The molecule has 1 aliphatic carbocycles. The van der Waals surface area contributed by atoms with Crippen molar-refractivity contribution in [2.45, 2.75) is 30.7 Å². The van der Waals surface area contributed by atoms with Crippen LogP contribution in [-0.4, -0.2) is 13.0 Å². The minimum atomic E-state index is -3.74. The summed E-state index contributed by atoms with van der Waals surface area (Å²) < 4.78 is 29.6. The van der Waals surface area contributed by atoms with E-state index in [4.69, 9.17) is 11.6 Å². The number of nitrogens with one attached hydrogen (secondary N) is 1. The minimum Gasteiger partial charge on any atom is -0.309 e. The average Bonchev–Trinajstić information content (AvgIpc) is 3.14. The Kier molecular flexibility index (Phi) is 5.00. The largest absolute Gasteiger partial charge is 0.309 e. The summed E-state index contributed by atoms with van der Waals surface area (Å²) in [5.41, 5.74) is 3.18. The molecule has 4 rings (SSSR count). The summed E-state index contributed by atoms with van der Waals surface area (Å²) in [6.07, 6.45) is 4.45. The van der Waals surface area contributed by atoms with Crippen LogP contribution in [0.25, 0.3) is 0 Å². The third-order valence-corrected chi connectivity index (χ3v) is 6.66. The molecule has 0 atom stereocenters. The average molecular weight is 415 g/mol. The van der Waals surface area contributed by atoms with Crippen LogP contribution < -0.4 is 10.3 Å². The van der Waals surface area contributed by atoms with Crippen LogP contribution in [0.2, 0.25) is 5.02 Å². The summed E-state index contributed by atoms with van der Waals surface area (Å²) in [6.45, 7) is 0.257. The van der Waals surface area contributed by atoms with Crippen molar-refractivity contribution >= 4 is 27.3 Å². The molecular formula is C21H19ClN2O3S. The van der Waals surface area contributed by atoms with Crippen LogP contribution >= 0.6 is 11.6 Å². The Bertz CT molecular complexity index is 1200. The van der Waals surface area contributed by atoms with Gasteiger partial charge in [0.1, 0.15) is 0 Å². The summed E-state index contributed by atoms with van der Waals surface area (Å²) in [7, 11) is -3.74. The predicted octanol–water partition coefficient (Wildman–Crippen LogP) is 3.84. The van der Waals surface area contributed by atoms with Crippen LogP contribution in [0, 0.1) is 0 Å². The van der Waals surface area contributed by atoms with Gasteiger partial charge in [0.2, 0.25) is 0 Å². The van der Waals surface area contributed by atoms with Crippen LogP contribution in [0.4, 0.5) is 5.69 Å². The lowest BCUT2D eigenvalue weighted by molar-refractivity contribution is 0.601. The first kappa shape index (κ1) is 18.8. The maximum atomic E-state index is 12.8. The lowest BCUT2D eigenvalue weighted by Gasteiger charge is -2.12. The fourth-order valence-electron chi connectivity index (χ4n) is 3.45. The van der Waals surface area contributed by atoms with E-state index in [9.17, 15) is 13.2 Å². The van der Waals surface area contributed by atoms with Crippen molar-refractivity contribution in [1.82, 2.24) is 4.57 Å². The molecule has 2 aromatic carbocycles. The quantitative estimate of drug-likeness (QED) is 0.689. The summed E-state index contributed by atoms with van der Waals surface area (Å²) >= 11 is 6.17. The lowest BCUT2D eigenvalue weighted by atomic mass is 10.1. The van der Waals surface area contributed by atoms with E-state index in [1.54, 1.807) is 18.2 Å². The summed E-state index contributed by atoms with van der Waals surface area (Å²) in [5.74, 6) is 0. The van der Waals surface area contributed by atoms with E-state index < -0.39 is 10.0 Å². The van der Waals surface area contributed by atoms with Crippen molar-refractivity contribution in [3.05, 3.63) is 92.9 Å². The van der Waals surface area contributed by atoms with Crippen molar-refractivity contribution in [3.8, 4) is 0 Å². The van der Waals surface area contributed by atoms with Gasteiger partial charge in [0.15, 0.2) is 0 Å². The first-order chi connectivity index (χ1) is 13.4. The second kappa shape index (κ2) is 7.45. The van der Waals surface area contributed by atoms with E-state index >= 15 is 0 Å². The monoisotopic (exact) mass is 414 g/mol. The predicted molar refractivity (Wildman–Crippen MR) is 111 cm³/mol. The topological polar surface area (TPSA) is 68.2 Å². The van der Waals surface area contributed by atoms with Gasteiger partial charge in [-0.1, -0.05) is 35.9 Å². The second-order valence-corrected chi connectivity index (χ2v) is 8.95. The highest BCUT2D eigenvalue weighted by Crippen LogP contribution is 2.25. The van der Waals surface area contributed by atoms with Crippen molar-refractivity contribution in [2.75, 3.05) is 4.72 Å². The fourth-order valence-corrected chi connectivity index (χ4v) is 4.74. The molecule has 0 unspecified atom stereocenters. The van der Waals surface area contributed by atoms with E-state index in [1.165, 1.54) is 28.5 Å². The van der Waals surface area contributed by atoms with Gasteiger partial charge in [0.05, 0.1) is 17.1 Å². The number of nitrogens with zero attached hydrogens (tertiary/aromatic N) is 1. The highest BCUT2D eigenvalue weighted by molar-refractivity contribution is 7.92. The number of hydrogen-bond donors (Lipinski definition) is 1. The number of aromatic nitrogens is 1. The van der Waals surface area contributed by atoms with Gasteiger partial charge < -0.3 is 4.57 Å². The first-order valence-corrected chi connectivity index (χ1v) is 10.9. The van der Waals surface area contributed by atoms with Gasteiger partial charge in [-0.25, -0.2) is 8.42 Å². The van der Waals surface area contributed by atoms with Crippen molar-refractivity contribution in [2.24, 2.45) is 0 Å². The van der Waals surface area contributed by atoms with E-state index in [0.29, 0.717) is 10.7 Å². The molecule has 28 heavy (non-hydrogen) atoms. The molecule has 1 heterocycles. The van der Waals surface area contributed by atoms with Crippen molar-refractivity contribution in [1.29, 1.82) is 0 Å². The molecule has 0 amide bonds. The molecule has 0 bridgehead atoms. The smallest absolute Gasteiger partial charge is 0.261 e.